The smallest absolute Gasteiger partial charge is 1.00 e. The number of carboxylic acid groups (broad SMARTS) is 2. The minimum absolute atomic E-state index is 0. The van der Waals surface area contributed by atoms with Crippen molar-refractivity contribution >= 4 is 6.16 Å². The molecule has 0 rings (SSSR count). The molecule has 0 bridgehead atoms. The summed E-state index contributed by atoms with van der Waals surface area (Å²) in [5.41, 5.74) is 0. The fourth-order valence-corrected chi connectivity index (χ4v) is 0. The quantitative estimate of drug-likeness (QED) is 0.362. The topological polar surface area (TPSA) is 57.5 Å². The van der Waals surface area contributed by atoms with Gasteiger partial charge in [0.25, 0.3) is 0 Å². The largest absolute Gasteiger partial charge is 1.00 e. The Morgan fingerprint density at radius 3 is 1.33 bits per heavy atom. The van der Waals surface area contributed by atoms with E-state index in [4.69, 9.17) is 15.0 Å². The average Bonchev–Trinajstić information content (AvgIpc) is 0.811. The molecule has 0 aromatic rings. The first-order chi connectivity index (χ1) is 1.73. The van der Waals surface area contributed by atoms with Gasteiger partial charge in [0, 0.05) is 0 Å². The van der Waals surface area contributed by atoms with Gasteiger partial charge in [0.2, 0.25) is 0 Å². The van der Waals surface area contributed by atoms with Crippen LogP contribution in [0.3, 0.4) is 0 Å². The van der Waals surface area contributed by atoms with E-state index in [2.05, 4.69) is 0 Å². The van der Waals surface area contributed by atoms with Gasteiger partial charge in [-0.2, -0.15) is 0 Å². The SMILES string of the molecule is O=C(O)O.[Cu+].[I-]. The van der Waals surface area contributed by atoms with Gasteiger partial charge >= 0.3 is 23.2 Å². The van der Waals surface area contributed by atoms with E-state index in [1.807, 2.05) is 0 Å². The molecule has 6 heavy (non-hydrogen) atoms. The Morgan fingerprint density at radius 2 is 1.33 bits per heavy atom. The van der Waals surface area contributed by atoms with Crippen LogP contribution in [0.5, 0.6) is 0 Å². The molecule has 3 nitrogen and oxygen atoms in total. The molecule has 5 heteroatoms. The van der Waals surface area contributed by atoms with Crippen molar-refractivity contribution in [2.45, 2.75) is 0 Å². The second-order valence-corrected chi connectivity index (χ2v) is 0.283. The summed E-state index contributed by atoms with van der Waals surface area (Å²) in [4.78, 5) is 8.56. The number of hydrogen-bond acceptors (Lipinski definition) is 1. The first-order valence-electron chi connectivity index (χ1n) is 0.651. The Bertz CT molecular complexity index is 33.8. The third-order valence-electron chi connectivity index (χ3n) is 0. The maximum absolute atomic E-state index is 8.56. The minimum atomic E-state index is -1.83. The predicted molar refractivity (Wildman–Crippen MR) is 10.7 cm³/mol. The van der Waals surface area contributed by atoms with E-state index in [1.165, 1.54) is 0 Å². The monoisotopic (exact) mass is 252 g/mol. The summed E-state index contributed by atoms with van der Waals surface area (Å²) in [6, 6.07) is 0. The Kier molecular flexibility index (Phi) is 24.3. The van der Waals surface area contributed by atoms with Gasteiger partial charge in [0.1, 0.15) is 0 Å². The van der Waals surface area contributed by atoms with Crippen LogP contribution in [0.25, 0.3) is 0 Å². The maximum Gasteiger partial charge on any atom is 1.00 e. The van der Waals surface area contributed by atoms with Crippen LogP contribution in [-0.2, 0) is 17.1 Å². The van der Waals surface area contributed by atoms with E-state index < -0.39 is 6.16 Å². The van der Waals surface area contributed by atoms with Crippen LogP contribution >= 0.6 is 0 Å². The van der Waals surface area contributed by atoms with Gasteiger partial charge in [0.15, 0.2) is 0 Å². The summed E-state index contributed by atoms with van der Waals surface area (Å²) in [6.45, 7) is 0. The van der Waals surface area contributed by atoms with Gasteiger partial charge in [-0.3, -0.25) is 0 Å². The second-order valence-electron chi connectivity index (χ2n) is 0.283. The first kappa shape index (κ1) is 16.0. The number of hydrogen-bond donors (Lipinski definition) is 2. The van der Waals surface area contributed by atoms with E-state index >= 15 is 0 Å². The molecule has 0 amide bonds. The summed E-state index contributed by atoms with van der Waals surface area (Å²) >= 11 is 0. The van der Waals surface area contributed by atoms with Crippen molar-refractivity contribution in [3.8, 4) is 0 Å². The van der Waals surface area contributed by atoms with Crippen molar-refractivity contribution in [2.24, 2.45) is 0 Å². The molecule has 0 aromatic heterocycles. The molecule has 0 aliphatic rings. The Labute approximate surface area is 62.2 Å². The fraction of sp³-hybridized carbons (Fsp3) is 0. The second kappa shape index (κ2) is 9.10. The third kappa shape index (κ3) is 207. The van der Waals surface area contributed by atoms with Crippen LogP contribution in [0.2, 0.25) is 0 Å². The Balaban J connectivity index is -0.0000000450. The zero-order valence-corrected chi connectivity index (χ0v) is 5.58. The van der Waals surface area contributed by atoms with Crippen molar-refractivity contribution in [1.29, 1.82) is 0 Å². The minimum Gasteiger partial charge on any atom is -1.00 e. The first-order valence-corrected chi connectivity index (χ1v) is 0.651. The van der Waals surface area contributed by atoms with Crippen molar-refractivity contribution < 1.29 is 56.1 Å². The summed E-state index contributed by atoms with van der Waals surface area (Å²) in [7, 11) is 0. The molecular formula is CH2CuIO3. The molecule has 42 valence electrons. The summed E-state index contributed by atoms with van der Waals surface area (Å²) in [6.07, 6.45) is -1.83. The molecule has 0 aliphatic heterocycles. The standard InChI is InChI=1S/CH2O3.Cu.HI/c2-1(3)4;;/h(H2,2,3,4);;1H/q;+1;/p-1. The molecular weight excluding hydrogens is 250 g/mol. The number of carbonyl (C=O) groups is 1. The summed E-state index contributed by atoms with van der Waals surface area (Å²) in [5, 5.41) is 13.9. The molecule has 0 saturated carbocycles. The van der Waals surface area contributed by atoms with Crippen molar-refractivity contribution in [1.82, 2.24) is 0 Å². The van der Waals surface area contributed by atoms with Gasteiger partial charge in [-0.25, -0.2) is 4.79 Å². The van der Waals surface area contributed by atoms with E-state index in [9.17, 15) is 0 Å². The van der Waals surface area contributed by atoms with Crippen molar-refractivity contribution in [3.05, 3.63) is 0 Å². The summed E-state index contributed by atoms with van der Waals surface area (Å²) in [5.74, 6) is 0. The van der Waals surface area contributed by atoms with Crippen LogP contribution < -0.4 is 24.0 Å². The third-order valence-corrected chi connectivity index (χ3v) is 0. The van der Waals surface area contributed by atoms with E-state index in [0.29, 0.717) is 0 Å². The maximum atomic E-state index is 8.56. The van der Waals surface area contributed by atoms with E-state index in [-0.39, 0.29) is 41.0 Å². The summed E-state index contributed by atoms with van der Waals surface area (Å²) < 4.78 is 0. The molecule has 0 heterocycles. The van der Waals surface area contributed by atoms with E-state index in [1.54, 1.807) is 0 Å². The van der Waals surface area contributed by atoms with E-state index in [0.717, 1.165) is 0 Å². The predicted octanol–water partition coefficient (Wildman–Crippen LogP) is -2.78. The molecule has 0 spiro atoms. The van der Waals surface area contributed by atoms with Crippen LogP contribution in [0.15, 0.2) is 0 Å². The van der Waals surface area contributed by atoms with Gasteiger partial charge < -0.3 is 34.2 Å². The van der Waals surface area contributed by atoms with Crippen molar-refractivity contribution in [2.75, 3.05) is 0 Å². The number of rotatable bonds is 0. The van der Waals surface area contributed by atoms with Gasteiger partial charge in [-0.05, 0) is 0 Å². The molecule has 2 N–H and O–H groups in total. The molecule has 0 atom stereocenters. The van der Waals surface area contributed by atoms with Crippen LogP contribution in [-0.4, -0.2) is 16.4 Å². The van der Waals surface area contributed by atoms with Gasteiger partial charge in [-0.15, -0.1) is 0 Å². The molecule has 0 aromatic carbocycles. The molecule has 0 saturated heterocycles. The Hall–Kier alpha value is 0.519. The zero-order valence-electron chi connectivity index (χ0n) is 2.48. The normalized spacial score (nSPS) is 4.00. The van der Waals surface area contributed by atoms with Crippen LogP contribution in [0, 0.1) is 0 Å². The zero-order chi connectivity index (χ0) is 3.58. The molecule has 0 fully saturated rings. The van der Waals surface area contributed by atoms with Gasteiger partial charge in [0.05, 0.1) is 0 Å². The Morgan fingerprint density at radius 1 is 1.33 bits per heavy atom. The van der Waals surface area contributed by atoms with Gasteiger partial charge in [-0.1, -0.05) is 0 Å². The molecule has 0 aliphatic carbocycles. The molecule has 0 radical (unpaired) electrons. The number of halogens is 1. The molecule has 0 unspecified atom stereocenters. The average molecular weight is 252 g/mol. The fourth-order valence-electron chi connectivity index (χ4n) is 0. The van der Waals surface area contributed by atoms with Crippen LogP contribution in [0.1, 0.15) is 0 Å². The van der Waals surface area contributed by atoms with Crippen molar-refractivity contribution in [3.63, 3.8) is 0 Å². The van der Waals surface area contributed by atoms with Crippen LogP contribution in [0.4, 0.5) is 4.79 Å².